The van der Waals surface area contributed by atoms with Gasteiger partial charge in [-0.05, 0) is 55.1 Å². The smallest absolute Gasteiger partial charge is 0.261 e. The maximum atomic E-state index is 12.3. The van der Waals surface area contributed by atoms with Gasteiger partial charge in [-0.1, -0.05) is 6.07 Å². The summed E-state index contributed by atoms with van der Waals surface area (Å²) in [5.41, 5.74) is 7.48. The molecule has 0 atom stereocenters. The Labute approximate surface area is 123 Å². The van der Waals surface area contributed by atoms with Crippen LogP contribution in [0.3, 0.4) is 0 Å². The molecule has 2 rings (SSSR count). The Kier molecular flexibility index (Phi) is 4.25. The molecule has 0 bridgehead atoms. The van der Waals surface area contributed by atoms with Crippen molar-refractivity contribution in [1.82, 2.24) is 0 Å². The Morgan fingerprint density at radius 2 is 1.90 bits per heavy atom. The highest BCUT2D eigenvalue weighted by Gasteiger charge is 2.15. The van der Waals surface area contributed by atoms with Gasteiger partial charge in [-0.3, -0.25) is 4.72 Å². The van der Waals surface area contributed by atoms with Crippen LogP contribution in [0.4, 0.5) is 11.4 Å². The number of nitrogens with two attached hydrogens (primary N) is 1. The maximum Gasteiger partial charge on any atom is 0.261 e. The number of hydrogen-bond acceptors (Lipinski definition) is 4. The predicted octanol–water partition coefficient (Wildman–Crippen LogP) is 3.10. The first-order valence-corrected chi connectivity index (χ1v) is 8.65. The zero-order valence-electron chi connectivity index (χ0n) is 11.3. The van der Waals surface area contributed by atoms with Crippen molar-refractivity contribution in [2.75, 3.05) is 16.7 Å². The second-order valence-electron chi connectivity index (χ2n) is 4.42. The molecule has 0 amide bonds. The van der Waals surface area contributed by atoms with Crippen LogP contribution in [0.15, 0.2) is 52.3 Å². The number of thioether (sulfide) groups is 1. The highest BCUT2D eigenvalue weighted by atomic mass is 32.2. The molecule has 0 aromatic heterocycles. The van der Waals surface area contributed by atoms with Gasteiger partial charge in [-0.25, -0.2) is 8.42 Å². The molecule has 0 aliphatic carbocycles. The van der Waals surface area contributed by atoms with Crippen molar-refractivity contribution in [2.45, 2.75) is 16.7 Å². The van der Waals surface area contributed by atoms with Crippen molar-refractivity contribution in [3.05, 3.63) is 48.0 Å². The summed E-state index contributed by atoms with van der Waals surface area (Å²) < 4.78 is 27.2. The zero-order valence-corrected chi connectivity index (χ0v) is 12.9. The van der Waals surface area contributed by atoms with E-state index in [9.17, 15) is 8.42 Å². The number of nitrogen functional groups attached to an aromatic ring is 1. The first-order chi connectivity index (χ1) is 9.40. The van der Waals surface area contributed by atoms with E-state index in [2.05, 4.69) is 4.72 Å². The number of sulfonamides is 1. The third kappa shape index (κ3) is 3.46. The molecule has 0 heterocycles. The molecule has 3 N–H and O–H groups in total. The van der Waals surface area contributed by atoms with Gasteiger partial charge in [-0.15, -0.1) is 11.8 Å². The summed E-state index contributed by atoms with van der Waals surface area (Å²) in [6.07, 6.45) is 1.94. The molecular formula is C14H16N2O2S2. The van der Waals surface area contributed by atoms with Crippen LogP contribution in [0.2, 0.25) is 0 Å². The van der Waals surface area contributed by atoms with E-state index in [1.807, 2.05) is 25.3 Å². The van der Waals surface area contributed by atoms with Crippen molar-refractivity contribution in [3.8, 4) is 0 Å². The molecule has 0 radical (unpaired) electrons. The average molecular weight is 308 g/mol. The van der Waals surface area contributed by atoms with Gasteiger partial charge in [-0.2, -0.15) is 0 Å². The van der Waals surface area contributed by atoms with E-state index in [1.54, 1.807) is 36.0 Å². The second-order valence-corrected chi connectivity index (χ2v) is 6.98. The first kappa shape index (κ1) is 14.7. The molecule has 106 valence electrons. The molecule has 2 aromatic rings. The molecule has 4 nitrogen and oxygen atoms in total. The summed E-state index contributed by atoms with van der Waals surface area (Å²) in [5, 5.41) is 0. The van der Waals surface area contributed by atoms with Crippen LogP contribution in [0.25, 0.3) is 0 Å². The standard InChI is InChI=1S/C14H16N2O2S2/c1-10-6-11(15)8-14(7-10)20(17,18)16-12-4-3-5-13(9-12)19-2/h3-9,16H,15H2,1-2H3. The van der Waals surface area contributed by atoms with E-state index in [1.165, 1.54) is 6.07 Å². The molecule has 20 heavy (non-hydrogen) atoms. The third-order valence-electron chi connectivity index (χ3n) is 2.71. The van der Waals surface area contributed by atoms with E-state index in [-0.39, 0.29) is 4.90 Å². The van der Waals surface area contributed by atoms with E-state index >= 15 is 0 Å². The quantitative estimate of drug-likeness (QED) is 0.672. The number of nitrogens with one attached hydrogen (secondary N) is 1. The fourth-order valence-corrected chi connectivity index (χ4v) is 3.48. The summed E-state index contributed by atoms with van der Waals surface area (Å²) in [4.78, 5) is 1.17. The predicted molar refractivity (Wildman–Crippen MR) is 84.6 cm³/mol. The Morgan fingerprint density at radius 3 is 2.55 bits per heavy atom. The molecule has 0 saturated carbocycles. The number of aryl methyl sites for hydroxylation is 1. The first-order valence-electron chi connectivity index (χ1n) is 5.95. The zero-order chi connectivity index (χ0) is 14.8. The molecule has 0 unspecified atom stereocenters. The fraction of sp³-hybridized carbons (Fsp3) is 0.143. The topological polar surface area (TPSA) is 72.2 Å². The number of rotatable bonds is 4. The lowest BCUT2D eigenvalue weighted by Gasteiger charge is -2.10. The summed E-state index contributed by atoms with van der Waals surface area (Å²) in [5.74, 6) is 0. The maximum absolute atomic E-state index is 12.3. The van der Waals surface area contributed by atoms with Crippen LogP contribution in [-0.2, 0) is 10.0 Å². The minimum absolute atomic E-state index is 0.171. The van der Waals surface area contributed by atoms with Gasteiger partial charge >= 0.3 is 0 Å². The Bertz CT molecular complexity index is 707. The van der Waals surface area contributed by atoms with Gasteiger partial charge in [0.05, 0.1) is 4.90 Å². The van der Waals surface area contributed by atoms with Crippen molar-refractivity contribution in [2.24, 2.45) is 0 Å². The summed E-state index contributed by atoms with van der Waals surface area (Å²) in [6, 6.07) is 12.0. The van der Waals surface area contributed by atoms with Gasteiger partial charge in [0.25, 0.3) is 10.0 Å². The normalized spacial score (nSPS) is 11.3. The van der Waals surface area contributed by atoms with Crippen molar-refractivity contribution < 1.29 is 8.42 Å². The fourth-order valence-electron chi connectivity index (χ4n) is 1.83. The molecule has 0 saturated heterocycles. The van der Waals surface area contributed by atoms with Crippen LogP contribution in [0.5, 0.6) is 0 Å². The SMILES string of the molecule is CSc1cccc(NS(=O)(=O)c2cc(C)cc(N)c2)c1. The number of benzene rings is 2. The van der Waals surface area contributed by atoms with E-state index in [0.717, 1.165) is 10.5 Å². The molecule has 0 spiro atoms. The molecule has 0 aliphatic heterocycles. The van der Waals surface area contributed by atoms with Crippen molar-refractivity contribution in [3.63, 3.8) is 0 Å². The Morgan fingerprint density at radius 1 is 1.15 bits per heavy atom. The Balaban J connectivity index is 2.35. The molecule has 0 aliphatic rings. The summed E-state index contributed by atoms with van der Waals surface area (Å²) in [7, 11) is -3.62. The molecule has 6 heteroatoms. The highest BCUT2D eigenvalue weighted by molar-refractivity contribution is 7.98. The minimum Gasteiger partial charge on any atom is -0.399 e. The van der Waals surface area contributed by atoms with E-state index < -0.39 is 10.0 Å². The largest absolute Gasteiger partial charge is 0.399 e. The van der Waals surface area contributed by atoms with Crippen LogP contribution in [0.1, 0.15) is 5.56 Å². The number of anilines is 2. The van der Waals surface area contributed by atoms with Gasteiger partial charge in [0.15, 0.2) is 0 Å². The van der Waals surface area contributed by atoms with Crippen molar-refractivity contribution in [1.29, 1.82) is 0 Å². The summed E-state index contributed by atoms with van der Waals surface area (Å²) >= 11 is 1.55. The van der Waals surface area contributed by atoms with Crippen molar-refractivity contribution >= 4 is 33.2 Å². The van der Waals surface area contributed by atoms with E-state index in [4.69, 9.17) is 5.73 Å². The van der Waals surface area contributed by atoms with Crippen LogP contribution < -0.4 is 10.5 Å². The lowest BCUT2D eigenvalue weighted by atomic mass is 10.2. The van der Waals surface area contributed by atoms with Gasteiger partial charge < -0.3 is 5.73 Å². The van der Waals surface area contributed by atoms with Gasteiger partial charge in [0.1, 0.15) is 0 Å². The highest BCUT2D eigenvalue weighted by Crippen LogP contribution is 2.23. The number of hydrogen-bond donors (Lipinski definition) is 2. The van der Waals surface area contributed by atoms with Gasteiger partial charge in [0, 0.05) is 16.3 Å². The second kappa shape index (κ2) is 5.76. The van der Waals surface area contributed by atoms with E-state index in [0.29, 0.717) is 11.4 Å². The lowest BCUT2D eigenvalue weighted by Crippen LogP contribution is -2.13. The van der Waals surface area contributed by atoms with Crippen LogP contribution >= 0.6 is 11.8 Å². The minimum atomic E-state index is -3.62. The molecule has 2 aromatic carbocycles. The molecular weight excluding hydrogens is 292 g/mol. The monoisotopic (exact) mass is 308 g/mol. The van der Waals surface area contributed by atoms with Crippen LogP contribution in [0, 0.1) is 6.92 Å². The van der Waals surface area contributed by atoms with Crippen LogP contribution in [-0.4, -0.2) is 14.7 Å². The third-order valence-corrected chi connectivity index (χ3v) is 4.79. The summed E-state index contributed by atoms with van der Waals surface area (Å²) in [6.45, 7) is 1.81. The average Bonchev–Trinajstić information content (AvgIpc) is 2.37. The Hall–Kier alpha value is -1.66. The van der Waals surface area contributed by atoms with Gasteiger partial charge in [0.2, 0.25) is 0 Å². The lowest BCUT2D eigenvalue weighted by molar-refractivity contribution is 0.601. The molecule has 0 fully saturated rings.